The smallest absolute Gasteiger partial charge is 0.494 e. The lowest BCUT2D eigenvalue weighted by atomic mass is 10.1. The molecule has 0 unspecified atom stereocenters. The molecule has 20 heteroatoms. The lowest BCUT2D eigenvalue weighted by Gasteiger charge is -2.24. The standard InChI is InChI=1S/C29H30IN8O10P/c1-31-28(40)19-14-37(15-47-29(41)17-10-11-22(45-3)23(12-17)48-49(42,43)44)24(32-27(39)16-8-9-16)13-21(19)38(30)20-7-5-6-18(25(20)46-4)26-33-35-36(2)34-26/h5-7,10-14,16H,8-9,15H2,1-4H3,(H,31,40)(H2,42,43,44). The van der Waals surface area contributed by atoms with Gasteiger partial charge in [-0.15, -0.1) is 10.2 Å². The van der Waals surface area contributed by atoms with Crippen LogP contribution in [0, 0.1) is 5.92 Å². The number of esters is 1. The van der Waals surface area contributed by atoms with E-state index in [-0.39, 0.29) is 39.9 Å². The molecule has 1 aliphatic carbocycles. The SMILES string of the molecule is CNC(=O)c1cn(COC(=O)c2ccc(OC)c(OP(=O)(O)O)c2)c(=NC(=O)C2CC2)cc1N(I)c1cccc(-c2nnn(C)n2)c1OC. The summed E-state index contributed by atoms with van der Waals surface area (Å²) in [6.07, 6.45) is 2.77. The number of hydrogen-bond donors (Lipinski definition) is 3. The van der Waals surface area contributed by atoms with Crippen LogP contribution in [0.1, 0.15) is 33.6 Å². The number of pyridine rings is 1. The first-order valence-electron chi connectivity index (χ1n) is 14.4. The number of carbonyl (C=O) groups is 3. The second-order valence-corrected chi connectivity index (χ2v) is 12.6. The van der Waals surface area contributed by atoms with E-state index in [0.717, 1.165) is 6.07 Å². The summed E-state index contributed by atoms with van der Waals surface area (Å²) >= 11 is 2.00. The van der Waals surface area contributed by atoms with E-state index in [1.54, 1.807) is 28.4 Å². The van der Waals surface area contributed by atoms with Crippen molar-refractivity contribution in [2.75, 3.05) is 24.4 Å². The first-order valence-corrected chi connectivity index (χ1v) is 16.9. The van der Waals surface area contributed by atoms with Crippen LogP contribution in [0.2, 0.25) is 0 Å². The molecule has 0 spiro atoms. The summed E-state index contributed by atoms with van der Waals surface area (Å²) < 4.78 is 35.4. The highest BCUT2D eigenvalue weighted by atomic mass is 127. The molecular formula is C29H30IN8O10P. The van der Waals surface area contributed by atoms with Crippen LogP contribution >= 0.6 is 30.7 Å². The van der Waals surface area contributed by atoms with Crippen LogP contribution in [0.5, 0.6) is 17.2 Å². The van der Waals surface area contributed by atoms with Gasteiger partial charge in [0.05, 0.1) is 72.2 Å². The Labute approximate surface area is 292 Å². The third kappa shape index (κ3) is 8.24. The van der Waals surface area contributed by atoms with E-state index < -0.39 is 26.4 Å². The van der Waals surface area contributed by atoms with Gasteiger partial charge in [-0.1, -0.05) is 6.07 Å². The molecule has 0 saturated heterocycles. The summed E-state index contributed by atoms with van der Waals surface area (Å²) in [4.78, 5) is 63.4. The molecule has 0 bridgehead atoms. The summed E-state index contributed by atoms with van der Waals surface area (Å²) in [6.45, 7) is -0.501. The van der Waals surface area contributed by atoms with Crippen LogP contribution in [0.15, 0.2) is 53.7 Å². The number of tetrazole rings is 1. The molecule has 2 amide bonds. The number of nitrogens with one attached hydrogen (secondary N) is 1. The zero-order valence-electron chi connectivity index (χ0n) is 26.4. The van der Waals surface area contributed by atoms with Crippen LogP contribution in [0.25, 0.3) is 11.4 Å². The summed E-state index contributed by atoms with van der Waals surface area (Å²) in [5, 5.41) is 14.9. The number of methoxy groups -OCH3 is 2. The van der Waals surface area contributed by atoms with Crippen molar-refractivity contribution >= 4 is 59.8 Å². The lowest BCUT2D eigenvalue weighted by Crippen LogP contribution is -2.30. The number of hydrogen-bond acceptors (Lipinski definition) is 12. The average Bonchev–Trinajstić information content (AvgIpc) is 3.85. The van der Waals surface area contributed by atoms with E-state index in [0.29, 0.717) is 41.4 Å². The Morgan fingerprint density at radius 2 is 1.86 bits per heavy atom. The molecule has 49 heavy (non-hydrogen) atoms. The normalized spacial score (nSPS) is 13.1. The molecule has 0 radical (unpaired) electrons. The molecule has 4 aromatic rings. The number of amides is 2. The van der Waals surface area contributed by atoms with Gasteiger partial charge in [-0.2, -0.15) is 9.79 Å². The molecule has 1 saturated carbocycles. The molecule has 2 aromatic heterocycles. The second kappa shape index (κ2) is 14.7. The molecular weight excluding hydrogens is 778 g/mol. The van der Waals surface area contributed by atoms with Gasteiger partial charge in [0.15, 0.2) is 24.0 Å². The molecule has 1 aliphatic rings. The Kier molecular flexibility index (Phi) is 10.7. The molecule has 258 valence electrons. The van der Waals surface area contributed by atoms with Gasteiger partial charge in [-0.25, -0.2) is 9.36 Å². The predicted octanol–water partition coefficient (Wildman–Crippen LogP) is 2.67. The van der Waals surface area contributed by atoms with Crippen molar-refractivity contribution < 1.29 is 47.5 Å². The molecule has 1 fully saturated rings. The highest BCUT2D eigenvalue weighted by Crippen LogP contribution is 2.43. The van der Waals surface area contributed by atoms with Crippen LogP contribution < -0.4 is 27.9 Å². The topological polar surface area (TPSA) is 222 Å². The van der Waals surface area contributed by atoms with E-state index in [9.17, 15) is 28.7 Å². The largest absolute Gasteiger partial charge is 0.524 e. The van der Waals surface area contributed by atoms with E-state index in [2.05, 4.69) is 30.2 Å². The maximum atomic E-state index is 13.3. The van der Waals surface area contributed by atoms with Crippen molar-refractivity contribution in [3.63, 3.8) is 0 Å². The fraction of sp³-hybridized carbons (Fsp3) is 0.276. The quantitative estimate of drug-likeness (QED) is 0.0811. The van der Waals surface area contributed by atoms with Crippen molar-refractivity contribution in [3.8, 4) is 28.6 Å². The Bertz CT molecular complexity index is 2040. The van der Waals surface area contributed by atoms with E-state index in [1.807, 2.05) is 22.9 Å². The van der Waals surface area contributed by atoms with Crippen LogP contribution in [0.3, 0.4) is 0 Å². The van der Waals surface area contributed by atoms with E-state index in [1.165, 1.54) is 55.0 Å². The maximum Gasteiger partial charge on any atom is 0.524 e. The monoisotopic (exact) mass is 808 g/mol. The van der Waals surface area contributed by atoms with Crippen LogP contribution in [-0.4, -0.2) is 73.6 Å². The zero-order chi connectivity index (χ0) is 35.5. The lowest BCUT2D eigenvalue weighted by molar-refractivity contribution is -0.119. The minimum absolute atomic E-state index is 0.0294. The summed E-state index contributed by atoms with van der Waals surface area (Å²) in [7, 11) is 0.842. The number of phosphoric ester groups is 1. The molecule has 2 aromatic carbocycles. The van der Waals surface area contributed by atoms with E-state index in [4.69, 9.17) is 14.2 Å². The van der Waals surface area contributed by atoms with Crippen molar-refractivity contribution in [3.05, 3.63) is 65.3 Å². The minimum Gasteiger partial charge on any atom is -0.494 e. The summed E-state index contributed by atoms with van der Waals surface area (Å²) in [5.74, 6) is -1.74. The van der Waals surface area contributed by atoms with E-state index >= 15 is 0 Å². The molecule has 0 atom stereocenters. The fourth-order valence-electron chi connectivity index (χ4n) is 4.58. The van der Waals surface area contributed by atoms with Crippen molar-refractivity contribution in [1.29, 1.82) is 0 Å². The number of carbonyl (C=O) groups excluding carboxylic acids is 3. The first-order chi connectivity index (χ1) is 23.3. The first kappa shape index (κ1) is 35.5. The Morgan fingerprint density at radius 3 is 2.47 bits per heavy atom. The Balaban J connectivity index is 1.56. The van der Waals surface area contributed by atoms with Crippen LogP contribution in [-0.2, 0) is 27.9 Å². The fourth-order valence-corrected chi connectivity index (χ4v) is 5.76. The van der Waals surface area contributed by atoms with Gasteiger partial charge in [0, 0.05) is 25.2 Å². The molecule has 18 nitrogen and oxygen atoms in total. The molecule has 5 rings (SSSR count). The third-order valence-corrected chi connectivity index (χ3v) is 8.54. The molecule has 3 N–H and O–H groups in total. The maximum absolute atomic E-state index is 13.3. The van der Waals surface area contributed by atoms with Crippen molar-refractivity contribution in [2.45, 2.75) is 19.6 Å². The van der Waals surface area contributed by atoms with Crippen molar-refractivity contribution in [2.24, 2.45) is 18.0 Å². The highest BCUT2D eigenvalue weighted by molar-refractivity contribution is 14.1. The number of aromatic nitrogens is 5. The number of para-hydroxylation sites is 1. The van der Waals surface area contributed by atoms with Gasteiger partial charge in [0.2, 0.25) is 5.82 Å². The van der Waals surface area contributed by atoms with Gasteiger partial charge < -0.3 is 24.1 Å². The number of rotatable bonds is 12. The predicted molar refractivity (Wildman–Crippen MR) is 179 cm³/mol. The number of nitrogens with zero attached hydrogens (tertiary/aromatic N) is 7. The molecule has 0 aliphatic heterocycles. The second-order valence-electron chi connectivity index (χ2n) is 10.5. The van der Waals surface area contributed by atoms with Gasteiger partial charge >= 0.3 is 13.8 Å². The van der Waals surface area contributed by atoms with Crippen LogP contribution in [0.4, 0.5) is 11.4 Å². The highest BCUT2D eigenvalue weighted by Gasteiger charge is 2.30. The van der Waals surface area contributed by atoms with Gasteiger partial charge in [0.25, 0.3) is 11.8 Å². The molecule has 2 heterocycles. The number of benzene rings is 2. The number of ether oxygens (including phenoxy) is 3. The van der Waals surface area contributed by atoms with Gasteiger partial charge in [-0.05, 0) is 48.4 Å². The van der Waals surface area contributed by atoms with Gasteiger partial charge in [0.1, 0.15) is 5.49 Å². The summed E-state index contributed by atoms with van der Waals surface area (Å²) in [5.41, 5.74) is 1.45. The van der Waals surface area contributed by atoms with Gasteiger partial charge in [-0.3, -0.25) is 27.1 Å². The number of phosphoric acid groups is 1. The third-order valence-electron chi connectivity index (χ3n) is 7.07. The van der Waals surface area contributed by atoms with Crippen molar-refractivity contribution in [1.82, 2.24) is 30.1 Å². The average molecular weight is 808 g/mol. The Hall–Kier alpha value is -4.85. The Morgan fingerprint density at radius 1 is 1.10 bits per heavy atom. The summed E-state index contributed by atoms with van der Waals surface area (Å²) in [6, 6.07) is 10.4. The number of anilines is 2. The zero-order valence-corrected chi connectivity index (χ0v) is 29.5. The minimum atomic E-state index is -4.98. The number of aryl methyl sites for hydroxylation is 1. The number of halogens is 1.